The number of sulfone groups is 2. The molecule has 8 rings (SSSR count). The molecule has 0 fully saturated rings. The largest absolute Gasteiger partial charge is 0.508 e. The van der Waals surface area contributed by atoms with Crippen molar-refractivity contribution in [1.82, 2.24) is 0 Å². The van der Waals surface area contributed by atoms with Crippen molar-refractivity contribution in [3.63, 3.8) is 0 Å². The van der Waals surface area contributed by atoms with Gasteiger partial charge in [0, 0.05) is 5.41 Å². The second-order valence-corrected chi connectivity index (χ2v) is 21.8. The number of hydrogen-bond acceptors (Lipinski definition) is 12. The van der Waals surface area contributed by atoms with Gasteiger partial charge in [-0.05, 0) is 158 Å². The molecule has 0 aromatic heterocycles. The summed E-state index contributed by atoms with van der Waals surface area (Å²) in [4.78, 5) is 1.02. The topological polar surface area (TPSA) is 180 Å². The maximum atomic E-state index is 12.8. The molecule has 71 heavy (non-hydrogen) atoms. The fourth-order valence-corrected chi connectivity index (χ4v) is 9.72. The number of phenolic OH excluding ortho intramolecular Hbond substituents is 2. The number of aryl methyl sites for hydroxylation is 2. The Balaban J connectivity index is 0.000000205. The van der Waals surface area contributed by atoms with Crippen LogP contribution in [0.2, 0.25) is 0 Å². The molecule has 0 saturated carbocycles. The minimum atomic E-state index is -3.57. The summed E-state index contributed by atoms with van der Waals surface area (Å²) in [6, 6.07) is 56.1. The number of ether oxygens (including phenoxy) is 3. The molecular formula is C56H56O12S3. The molecule has 12 nitrogen and oxygen atoms in total. The Morgan fingerprint density at radius 1 is 0.366 bits per heavy atom. The molecular weight excluding hydrogens is 961 g/mol. The van der Waals surface area contributed by atoms with Crippen molar-refractivity contribution in [2.24, 2.45) is 0 Å². The molecule has 0 saturated heterocycles. The van der Waals surface area contributed by atoms with Crippen LogP contribution in [0.25, 0.3) is 0 Å². The normalized spacial score (nSPS) is 11.3. The molecule has 0 heterocycles. The van der Waals surface area contributed by atoms with E-state index in [4.69, 9.17) is 19.3 Å². The molecule has 0 radical (unpaired) electrons. The number of hydrogen-bond donors (Lipinski definition) is 2. The first kappa shape index (κ1) is 54.5. The summed E-state index contributed by atoms with van der Waals surface area (Å²) >= 11 is 0. The molecule has 8 aromatic carbocycles. The van der Waals surface area contributed by atoms with Gasteiger partial charge in [-0.2, -0.15) is 8.42 Å². The van der Waals surface area contributed by atoms with E-state index in [1.165, 1.54) is 55.6 Å². The molecule has 0 aliphatic heterocycles. The van der Waals surface area contributed by atoms with Gasteiger partial charge >= 0.3 is 0 Å². The molecule has 0 amide bonds. The first-order valence-corrected chi connectivity index (χ1v) is 26.2. The Morgan fingerprint density at radius 2 is 0.662 bits per heavy atom. The molecule has 0 spiro atoms. The predicted octanol–water partition coefficient (Wildman–Crippen LogP) is 11.9. The second kappa shape index (κ2) is 24.4. The zero-order chi connectivity index (χ0) is 51.8. The zero-order valence-corrected chi connectivity index (χ0v) is 42.7. The van der Waals surface area contributed by atoms with Gasteiger partial charge in [-0.1, -0.05) is 91.7 Å². The maximum absolute atomic E-state index is 12.8. The summed E-state index contributed by atoms with van der Waals surface area (Å²) < 4.78 is 92.4. The summed E-state index contributed by atoms with van der Waals surface area (Å²) in [5.74, 6) is 3.00. The van der Waals surface area contributed by atoms with Crippen LogP contribution in [0.15, 0.2) is 225 Å². The summed E-state index contributed by atoms with van der Waals surface area (Å²) in [5.41, 5.74) is 4.00. The van der Waals surface area contributed by atoms with Crippen molar-refractivity contribution in [2.75, 3.05) is 21.3 Å². The zero-order valence-electron chi connectivity index (χ0n) is 40.3. The molecule has 0 atom stereocenters. The molecule has 15 heteroatoms. The van der Waals surface area contributed by atoms with Crippen LogP contribution in [0.1, 0.15) is 36.1 Å². The third kappa shape index (κ3) is 15.0. The van der Waals surface area contributed by atoms with Crippen molar-refractivity contribution < 1.29 is 53.9 Å². The van der Waals surface area contributed by atoms with Crippen LogP contribution in [0.3, 0.4) is 0 Å². The maximum Gasteiger partial charge on any atom is 0.296 e. The summed E-state index contributed by atoms with van der Waals surface area (Å²) in [6.07, 6.45) is 0. The van der Waals surface area contributed by atoms with Crippen LogP contribution in [-0.2, 0) is 39.4 Å². The highest BCUT2D eigenvalue weighted by molar-refractivity contribution is 7.91. The molecule has 0 unspecified atom stereocenters. The number of phenols is 2. The third-order valence-electron chi connectivity index (χ3n) is 10.9. The van der Waals surface area contributed by atoms with Gasteiger partial charge in [0.25, 0.3) is 10.1 Å². The average Bonchev–Trinajstić information content (AvgIpc) is 3.38. The SMILES string of the molecule is COS(=O)(=O)c1ccc(C)cc1.COc1ccc(S(=O)(=O)c2ccc(O)cc2)cc1.COc1ccccc1.Cc1ccc(S(=O)(=O)c2ccc(Oc3ccc(C(C)(C)c4ccc(O)cc4)cc3)cc2)cc1. The van der Waals surface area contributed by atoms with Crippen molar-refractivity contribution in [3.8, 4) is 34.5 Å². The van der Waals surface area contributed by atoms with E-state index in [1.807, 2.05) is 80.6 Å². The molecule has 8 aromatic rings. The number of methoxy groups -OCH3 is 2. The van der Waals surface area contributed by atoms with Gasteiger partial charge in [0.15, 0.2) is 0 Å². The van der Waals surface area contributed by atoms with E-state index in [-0.39, 0.29) is 41.4 Å². The van der Waals surface area contributed by atoms with Gasteiger partial charge in [-0.25, -0.2) is 16.8 Å². The van der Waals surface area contributed by atoms with Crippen LogP contribution >= 0.6 is 0 Å². The first-order chi connectivity index (χ1) is 33.7. The van der Waals surface area contributed by atoms with Crippen molar-refractivity contribution in [2.45, 2.75) is 57.6 Å². The van der Waals surface area contributed by atoms with Crippen molar-refractivity contribution in [1.29, 1.82) is 0 Å². The van der Waals surface area contributed by atoms with E-state index < -0.39 is 29.8 Å². The molecule has 0 bridgehead atoms. The quantitative estimate of drug-likeness (QED) is 0.111. The predicted molar refractivity (Wildman–Crippen MR) is 275 cm³/mol. The minimum Gasteiger partial charge on any atom is -0.508 e. The Hall–Kier alpha value is -7.43. The highest BCUT2D eigenvalue weighted by Crippen LogP contribution is 2.34. The van der Waals surface area contributed by atoms with Gasteiger partial charge in [0.2, 0.25) is 19.7 Å². The highest BCUT2D eigenvalue weighted by atomic mass is 32.2. The third-order valence-corrected chi connectivity index (χ3v) is 15.8. The van der Waals surface area contributed by atoms with E-state index in [2.05, 4.69) is 18.0 Å². The summed E-state index contributed by atoms with van der Waals surface area (Å²) in [5, 5.41) is 18.7. The monoisotopic (exact) mass is 1020 g/mol. The number of rotatable bonds is 12. The lowest BCUT2D eigenvalue weighted by atomic mass is 9.78. The number of aromatic hydroxyl groups is 2. The van der Waals surface area contributed by atoms with Gasteiger partial charge in [0.05, 0.1) is 45.8 Å². The standard InChI is InChI=1S/C28H26O4S.C13H12O4S.C8H10O3S.C7H8O/c1-20-4-16-26(17-5-20)33(30,31)27-18-14-25(15-19-27)32-24-12-8-22(9-13-24)28(2,3)21-6-10-23(29)11-7-21;1-17-11-4-8-13(9-5-11)18(15,16)12-6-2-10(14)3-7-12;1-7-3-5-8(6-4-7)12(9,10)11-2;1-8-7-5-3-2-4-6-7/h4-19,29H,1-3H3;2-9,14H,1H3;3-6H,1-2H3;2-6H,1H3. The van der Waals surface area contributed by atoms with Crippen LogP contribution in [0.4, 0.5) is 0 Å². The summed E-state index contributed by atoms with van der Waals surface area (Å²) in [7, 11) is -6.30. The lowest BCUT2D eigenvalue weighted by molar-refractivity contribution is 0.397. The van der Waals surface area contributed by atoms with Crippen LogP contribution in [0.5, 0.6) is 34.5 Å². The van der Waals surface area contributed by atoms with Crippen molar-refractivity contribution in [3.05, 3.63) is 222 Å². The van der Waals surface area contributed by atoms with E-state index in [0.29, 0.717) is 17.2 Å². The van der Waals surface area contributed by atoms with E-state index in [1.54, 1.807) is 92.0 Å². The minimum absolute atomic E-state index is 0.0312. The lowest BCUT2D eigenvalue weighted by Crippen LogP contribution is -2.18. The fraction of sp³-hybridized carbons (Fsp3) is 0.143. The van der Waals surface area contributed by atoms with Crippen LogP contribution in [0, 0.1) is 13.8 Å². The average molecular weight is 1020 g/mol. The summed E-state index contributed by atoms with van der Waals surface area (Å²) in [6.45, 7) is 8.07. The van der Waals surface area contributed by atoms with Gasteiger partial charge in [-0.15, -0.1) is 0 Å². The molecule has 0 aliphatic carbocycles. The first-order valence-electron chi connectivity index (χ1n) is 21.8. The Bertz CT molecular complexity index is 3250. The van der Waals surface area contributed by atoms with Gasteiger partial charge < -0.3 is 24.4 Å². The lowest BCUT2D eigenvalue weighted by Gasteiger charge is -2.26. The fourth-order valence-electron chi connectivity index (χ4n) is 6.53. The van der Waals surface area contributed by atoms with E-state index in [9.17, 15) is 30.4 Å². The molecule has 2 N–H and O–H groups in total. The Morgan fingerprint density at radius 3 is 1.03 bits per heavy atom. The smallest absolute Gasteiger partial charge is 0.296 e. The van der Waals surface area contributed by atoms with Crippen LogP contribution in [-0.4, -0.2) is 56.8 Å². The number of para-hydroxylation sites is 1. The molecule has 0 aliphatic rings. The van der Waals surface area contributed by atoms with Crippen LogP contribution < -0.4 is 14.2 Å². The highest BCUT2D eigenvalue weighted by Gasteiger charge is 2.23. The Kier molecular flexibility index (Phi) is 18.7. The molecule has 370 valence electrons. The van der Waals surface area contributed by atoms with Gasteiger partial charge in [0.1, 0.15) is 34.5 Å². The van der Waals surface area contributed by atoms with Crippen molar-refractivity contribution >= 4 is 29.8 Å². The van der Waals surface area contributed by atoms with E-state index in [0.717, 1.165) is 35.1 Å². The number of benzene rings is 8. The van der Waals surface area contributed by atoms with E-state index >= 15 is 0 Å². The van der Waals surface area contributed by atoms with Gasteiger partial charge in [-0.3, -0.25) is 4.18 Å². The second-order valence-electron chi connectivity index (χ2n) is 16.2. The Labute approximate surface area is 417 Å².